The topological polar surface area (TPSA) is 99.6 Å². The van der Waals surface area contributed by atoms with Gasteiger partial charge in [0.25, 0.3) is 11.8 Å². The van der Waals surface area contributed by atoms with Gasteiger partial charge in [0.2, 0.25) is 0 Å². The molecule has 0 bridgehead atoms. The Labute approximate surface area is 221 Å². The molecular weight excluding hydrogens is 486 g/mol. The summed E-state index contributed by atoms with van der Waals surface area (Å²) in [5.74, 6) is -0.308. The molecule has 3 aromatic rings. The molecule has 0 unspecified atom stereocenters. The van der Waals surface area contributed by atoms with Crippen LogP contribution in [-0.4, -0.2) is 103 Å². The van der Waals surface area contributed by atoms with Crippen LogP contribution in [-0.2, 0) is 4.74 Å². The summed E-state index contributed by atoms with van der Waals surface area (Å²) in [7, 11) is 1.33. The largest absolute Gasteiger partial charge is 0.491 e. The number of hydrogen-bond donors (Lipinski definition) is 1. The number of ether oxygens (including phenoxy) is 2. The number of benzene rings is 3. The Morgan fingerprint density at radius 2 is 1.47 bits per heavy atom. The molecule has 38 heavy (non-hydrogen) atoms. The number of carbonyl (C=O) groups is 3. The minimum absolute atomic E-state index is 0.144. The van der Waals surface area contributed by atoms with E-state index in [2.05, 4.69) is 14.5 Å². The van der Waals surface area contributed by atoms with E-state index in [1.165, 1.54) is 12.0 Å². The molecule has 0 aliphatic carbocycles. The predicted octanol–water partition coefficient (Wildman–Crippen LogP) is 2.28. The molecule has 2 aliphatic heterocycles. The Morgan fingerprint density at radius 1 is 0.868 bits per heavy atom. The van der Waals surface area contributed by atoms with Crippen molar-refractivity contribution in [3.05, 3.63) is 77.4 Å². The van der Waals surface area contributed by atoms with Crippen LogP contribution in [0.5, 0.6) is 5.75 Å². The second kappa shape index (κ2) is 11.3. The summed E-state index contributed by atoms with van der Waals surface area (Å²) in [5.41, 5.74) is 1.60. The van der Waals surface area contributed by atoms with Crippen molar-refractivity contribution in [2.24, 2.45) is 0 Å². The normalized spacial score (nSPS) is 17.1. The van der Waals surface area contributed by atoms with Gasteiger partial charge in [-0.3, -0.25) is 24.3 Å². The van der Waals surface area contributed by atoms with Crippen LogP contribution in [0.1, 0.15) is 31.1 Å². The van der Waals surface area contributed by atoms with E-state index in [9.17, 15) is 19.5 Å². The molecular formula is C29H31N3O6. The predicted molar refractivity (Wildman–Crippen MR) is 141 cm³/mol. The number of methoxy groups -OCH3 is 1. The van der Waals surface area contributed by atoms with Crippen molar-refractivity contribution >= 4 is 28.6 Å². The number of aliphatic hydroxyl groups is 1. The van der Waals surface area contributed by atoms with E-state index in [-0.39, 0.29) is 18.4 Å². The van der Waals surface area contributed by atoms with Gasteiger partial charge >= 0.3 is 5.97 Å². The molecule has 198 valence electrons. The highest BCUT2D eigenvalue weighted by Gasteiger charge is 2.33. The van der Waals surface area contributed by atoms with Gasteiger partial charge in [0, 0.05) is 62.3 Å². The SMILES string of the molecule is COC(=O)c1ccc(OC[C@H](O)CN2CCN(CCN3C(=O)c4cccc5cccc(c45)C3=O)CC2)cc1. The number of esters is 1. The minimum atomic E-state index is -0.659. The molecule has 1 N–H and O–H groups in total. The van der Waals surface area contributed by atoms with Crippen LogP contribution in [0.25, 0.3) is 10.8 Å². The standard InChI is InChI=1S/C29H31N3O6/c1-37-29(36)21-8-10-23(11-9-21)38-19-22(33)18-31-14-12-30(13-15-31)16-17-32-27(34)24-6-2-4-20-5-3-7-25(26(20)24)28(32)35/h2-11,22,33H,12-19H2,1H3/t22-/m1/s1. The third kappa shape index (κ3) is 5.40. The average Bonchev–Trinajstić information content (AvgIpc) is 2.95. The first kappa shape index (κ1) is 25.8. The summed E-state index contributed by atoms with van der Waals surface area (Å²) >= 11 is 0. The maximum atomic E-state index is 13.1. The molecule has 1 saturated heterocycles. The lowest BCUT2D eigenvalue weighted by atomic mass is 9.94. The molecule has 0 radical (unpaired) electrons. The maximum absolute atomic E-state index is 13.1. The fraction of sp³-hybridized carbons (Fsp3) is 0.345. The first-order chi connectivity index (χ1) is 18.4. The number of piperazine rings is 1. The van der Waals surface area contributed by atoms with Gasteiger partial charge in [-0.2, -0.15) is 0 Å². The smallest absolute Gasteiger partial charge is 0.337 e. The van der Waals surface area contributed by atoms with Crippen LogP contribution in [0.3, 0.4) is 0 Å². The average molecular weight is 518 g/mol. The zero-order chi connectivity index (χ0) is 26.6. The zero-order valence-corrected chi connectivity index (χ0v) is 21.3. The van der Waals surface area contributed by atoms with E-state index in [0.29, 0.717) is 42.1 Å². The third-order valence-corrected chi connectivity index (χ3v) is 7.15. The summed E-state index contributed by atoms with van der Waals surface area (Å²) in [6.45, 7) is 4.69. The highest BCUT2D eigenvalue weighted by Crippen LogP contribution is 2.29. The molecule has 2 heterocycles. The Hall–Kier alpha value is -3.79. The monoisotopic (exact) mass is 517 g/mol. The number of amides is 2. The van der Waals surface area contributed by atoms with Crippen LogP contribution in [0.15, 0.2) is 60.7 Å². The van der Waals surface area contributed by atoms with Gasteiger partial charge in [-0.25, -0.2) is 4.79 Å². The van der Waals surface area contributed by atoms with Gasteiger partial charge in [-0.1, -0.05) is 24.3 Å². The van der Waals surface area contributed by atoms with E-state index in [4.69, 9.17) is 4.74 Å². The van der Waals surface area contributed by atoms with Crippen LogP contribution < -0.4 is 4.74 Å². The van der Waals surface area contributed by atoms with Crippen LogP contribution in [0.2, 0.25) is 0 Å². The van der Waals surface area contributed by atoms with Crippen molar-refractivity contribution in [1.82, 2.24) is 14.7 Å². The van der Waals surface area contributed by atoms with Crippen molar-refractivity contribution in [2.75, 3.05) is 59.5 Å². The first-order valence-corrected chi connectivity index (χ1v) is 12.8. The molecule has 0 saturated carbocycles. The van der Waals surface area contributed by atoms with E-state index in [1.54, 1.807) is 36.4 Å². The molecule has 2 amide bonds. The molecule has 3 aromatic carbocycles. The van der Waals surface area contributed by atoms with Gasteiger partial charge < -0.3 is 14.6 Å². The Kier molecular flexibility index (Phi) is 7.69. The quantitative estimate of drug-likeness (QED) is 0.341. The Balaban J connectivity index is 1.07. The number of imide groups is 1. The van der Waals surface area contributed by atoms with Gasteiger partial charge in [-0.15, -0.1) is 0 Å². The summed E-state index contributed by atoms with van der Waals surface area (Å²) in [4.78, 5) is 43.5. The molecule has 5 rings (SSSR count). The van der Waals surface area contributed by atoms with Crippen LogP contribution in [0.4, 0.5) is 0 Å². The van der Waals surface area contributed by atoms with E-state index in [1.807, 2.05) is 24.3 Å². The highest BCUT2D eigenvalue weighted by atomic mass is 16.5. The van der Waals surface area contributed by atoms with E-state index in [0.717, 1.165) is 37.0 Å². The lowest BCUT2D eigenvalue weighted by Gasteiger charge is -2.36. The maximum Gasteiger partial charge on any atom is 0.337 e. The molecule has 2 aliphatic rings. The number of carbonyl (C=O) groups excluding carboxylic acids is 3. The van der Waals surface area contributed by atoms with Crippen molar-refractivity contribution in [3.8, 4) is 5.75 Å². The lowest BCUT2D eigenvalue weighted by molar-refractivity contribution is 0.0416. The number of hydrogen-bond acceptors (Lipinski definition) is 8. The molecule has 9 heteroatoms. The second-order valence-corrected chi connectivity index (χ2v) is 9.59. The second-order valence-electron chi connectivity index (χ2n) is 9.59. The fourth-order valence-corrected chi connectivity index (χ4v) is 5.07. The number of nitrogens with zero attached hydrogens (tertiary/aromatic N) is 3. The fourth-order valence-electron chi connectivity index (χ4n) is 5.07. The minimum Gasteiger partial charge on any atom is -0.491 e. The molecule has 0 aromatic heterocycles. The van der Waals surface area contributed by atoms with Gasteiger partial charge in [-0.05, 0) is 41.8 Å². The summed E-state index contributed by atoms with van der Waals surface area (Å²) in [5, 5.41) is 12.1. The number of aliphatic hydroxyl groups excluding tert-OH is 1. The van der Waals surface area contributed by atoms with Gasteiger partial charge in [0.1, 0.15) is 18.5 Å². The summed E-state index contributed by atoms with van der Waals surface area (Å²) in [6.07, 6.45) is -0.659. The lowest BCUT2D eigenvalue weighted by Crippen LogP contribution is -2.51. The number of rotatable bonds is 9. The van der Waals surface area contributed by atoms with Crippen molar-refractivity contribution in [1.29, 1.82) is 0 Å². The van der Waals surface area contributed by atoms with Crippen molar-refractivity contribution in [3.63, 3.8) is 0 Å². The molecule has 1 atom stereocenters. The Bertz CT molecular complexity index is 1280. The van der Waals surface area contributed by atoms with Crippen molar-refractivity contribution < 1.29 is 29.0 Å². The molecule has 0 spiro atoms. The molecule has 9 nitrogen and oxygen atoms in total. The highest BCUT2D eigenvalue weighted by molar-refractivity contribution is 6.25. The van der Waals surface area contributed by atoms with E-state index < -0.39 is 12.1 Å². The number of β-amino-alcohol motifs (C(OH)–C–C–N with tert-alkyl or cyclic N) is 1. The van der Waals surface area contributed by atoms with Gasteiger partial charge in [0.15, 0.2) is 0 Å². The van der Waals surface area contributed by atoms with Crippen molar-refractivity contribution in [2.45, 2.75) is 6.10 Å². The van der Waals surface area contributed by atoms with E-state index >= 15 is 0 Å². The van der Waals surface area contributed by atoms with Crippen LogP contribution in [0, 0.1) is 0 Å². The summed E-state index contributed by atoms with van der Waals surface area (Å²) in [6, 6.07) is 17.7. The molecule has 1 fully saturated rings. The van der Waals surface area contributed by atoms with Gasteiger partial charge in [0.05, 0.1) is 12.7 Å². The first-order valence-electron chi connectivity index (χ1n) is 12.8. The summed E-state index contributed by atoms with van der Waals surface area (Å²) < 4.78 is 10.3. The van der Waals surface area contributed by atoms with Crippen LogP contribution >= 0.6 is 0 Å². The Morgan fingerprint density at radius 3 is 2.08 bits per heavy atom. The third-order valence-electron chi connectivity index (χ3n) is 7.15. The zero-order valence-electron chi connectivity index (χ0n) is 21.3.